The average molecular weight is 353 g/mol. The van der Waals surface area contributed by atoms with Crippen LogP contribution in [0.2, 0.25) is 5.04 Å². The van der Waals surface area contributed by atoms with Gasteiger partial charge in [-0.3, -0.25) is 0 Å². The molecular weight excluding hydrogens is 324 g/mol. The molecule has 1 aliphatic rings. The average Bonchev–Trinajstić information content (AvgIpc) is 3.44. The molecule has 3 rings (SSSR count). The SMILES string of the molecule is C=CC[C@H](O[Si](c1ccccc1)(c1ccccc1)C(C)(C)C)[C@H]1CO1. The minimum absolute atomic E-state index is 0.00990. The monoisotopic (exact) mass is 352 g/mol. The highest BCUT2D eigenvalue weighted by atomic mass is 28.4. The van der Waals surface area contributed by atoms with Gasteiger partial charge in [0.05, 0.1) is 12.7 Å². The van der Waals surface area contributed by atoms with E-state index in [1.807, 2.05) is 6.08 Å². The molecule has 25 heavy (non-hydrogen) atoms. The predicted molar refractivity (Wildman–Crippen MR) is 107 cm³/mol. The molecular formula is C22H28O2Si. The lowest BCUT2D eigenvalue weighted by Crippen LogP contribution is -2.68. The van der Waals surface area contributed by atoms with Crippen LogP contribution in [0.5, 0.6) is 0 Å². The summed E-state index contributed by atoms with van der Waals surface area (Å²) in [4.78, 5) is 0. The standard InChI is InChI=1S/C22H28O2Si/c1-5-12-20(21-17-23-21)24-25(22(2,3)4,18-13-8-6-9-14-18)19-15-10-7-11-16-19/h5-11,13-16,20-21H,1,12,17H2,2-4H3/t20-,21+/m0/s1. The smallest absolute Gasteiger partial charge is 0.261 e. The van der Waals surface area contributed by atoms with Crippen molar-refractivity contribution in [2.45, 2.75) is 44.4 Å². The first-order chi connectivity index (χ1) is 12.0. The predicted octanol–water partition coefficient (Wildman–Crippen LogP) is 3.91. The highest BCUT2D eigenvalue weighted by Gasteiger charge is 2.53. The maximum Gasteiger partial charge on any atom is 0.261 e. The van der Waals surface area contributed by atoms with E-state index in [2.05, 4.69) is 88.0 Å². The molecule has 3 heteroatoms. The summed E-state index contributed by atoms with van der Waals surface area (Å²) in [6.45, 7) is 11.6. The summed E-state index contributed by atoms with van der Waals surface area (Å²) in [6.07, 6.45) is 3.02. The van der Waals surface area contributed by atoms with E-state index in [1.165, 1.54) is 10.4 Å². The molecule has 0 N–H and O–H groups in total. The minimum Gasteiger partial charge on any atom is -0.401 e. The highest BCUT2D eigenvalue weighted by Crippen LogP contribution is 2.39. The Morgan fingerprint density at radius 1 is 1.08 bits per heavy atom. The third-order valence-electron chi connectivity index (χ3n) is 4.92. The van der Waals surface area contributed by atoms with Gasteiger partial charge in [0.15, 0.2) is 0 Å². The molecule has 1 heterocycles. The fourth-order valence-corrected chi connectivity index (χ4v) is 8.35. The zero-order chi connectivity index (χ0) is 17.9. The fraction of sp³-hybridized carbons (Fsp3) is 0.364. The summed E-state index contributed by atoms with van der Waals surface area (Å²) in [7, 11) is -2.50. The lowest BCUT2D eigenvalue weighted by atomic mass is 10.2. The third-order valence-corrected chi connectivity index (χ3v) is 9.98. The van der Waals surface area contributed by atoms with E-state index < -0.39 is 8.32 Å². The van der Waals surface area contributed by atoms with Crippen LogP contribution in [0.1, 0.15) is 27.2 Å². The zero-order valence-electron chi connectivity index (χ0n) is 15.4. The zero-order valence-corrected chi connectivity index (χ0v) is 16.4. The van der Waals surface area contributed by atoms with Crippen molar-refractivity contribution in [3.8, 4) is 0 Å². The lowest BCUT2D eigenvalue weighted by Gasteiger charge is -2.45. The van der Waals surface area contributed by atoms with Crippen molar-refractivity contribution in [1.82, 2.24) is 0 Å². The Morgan fingerprint density at radius 3 is 1.92 bits per heavy atom. The van der Waals surface area contributed by atoms with Gasteiger partial charge in [0, 0.05) is 0 Å². The Labute approximate surface area is 152 Å². The lowest BCUT2D eigenvalue weighted by molar-refractivity contribution is 0.150. The van der Waals surface area contributed by atoms with Crippen LogP contribution in [0, 0.1) is 0 Å². The van der Waals surface area contributed by atoms with E-state index >= 15 is 0 Å². The maximum absolute atomic E-state index is 7.08. The second kappa shape index (κ2) is 7.28. The second-order valence-electron chi connectivity index (χ2n) is 7.72. The van der Waals surface area contributed by atoms with Crippen molar-refractivity contribution in [2.75, 3.05) is 6.61 Å². The van der Waals surface area contributed by atoms with Crippen LogP contribution < -0.4 is 10.4 Å². The van der Waals surface area contributed by atoms with Crippen LogP contribution in [0.4, 0.5) is 0 Å². The number of benzene rings is 2. The van der Waals surface area contributed by atoms with Crippen LogP contribution in [0.3, 0.4) is 0 Å². The molecule has 0 aromatic heterocycles. The van der Waals surface area contributed by atoms with Crippen LogP contribution in [0.25, 0.3) is 0 Å². The first kappa shape index (κ1) is 18.1. The molecule has 1 fully saturated rings. The number of epoxide rings is 1. The molecule has 0 spiro atoms. The molecule has 0 amide bonds. The molecule has 0 bridgehead atoms. The summed E-state index contributed by atoms with van der Waals surface area (Å²) in [5.41, 5.74) is 0. The molecule has 1 aliphatic heterocycles. The van der Waals surface area contributed by atoms with Gasteiger partial charge in [-0.05, 0) is 21.8 Å². The third kappa shape index (κ3) is 3.64. The van der Waals surface area contributed by atoms with E-state index in [0.717, 1.165) is 13.0 Å². The van der Waals surface area contributed by atoms with Crippen LogP contribution in [-0.4, -0.2) is 27.1 Å². The number of hydrogen-bond acceptors (Lipinski definition) is 2. The number of rotatable bonds is 7. The Kier molecular flexibility index (Phi) is 5.28. The molecule has 1 saturated heterocycles. The Hall–Kier alpha value is -1.68. The Bertz CT molecular complexity index is 647. The molecule has 0 aliphatic carbocycles. The molecule has 2 atom stereocenters. The van der Waals surface area contributed by atoms with Gasteiger partial charge in [-0.1, -0.05) is 87.5 Å². The summed E-state index contributed by atoms with van der Waals surface area (Å²) in [5.74, 6) is 0. The van der Waals surface area contributed by atoms with Gasteiger partial charge in [0.25, 0.3) is 8.32 Å². The van der Waals surface area contributed by atoms with Gasteiger partial charge in [0.2, 0.25) is 0 Å². The molecule has 0 unspecified atom stereocenters. The largest absolute Gasteiger partial charge is 0.401 e. The first-order valence-electron chi connectivity index (χ1n) is 9.00. The molecule has 132 valence electrons. The molecule has 2 aromatic carbocycles. The van der Waals surface area contributed by atoms with Gasteiger partial charge < -0.3 is 9.16 Å². The van der Waals surface area contributed by atoms with Gasteiger partial charge in [-0.2, -0.15) is 0 Å². The van der Waals surface area contributed by atoms with Gasteiger partial charge in [0.1, 0.15) is 6.10 Å². The van der Waals surface area contributed by atoms with Crippen molar-refractivity contribution in [3.05, 3.63) is 73.3 Å². The van der Waals surface area contributed by atoms with Crippen LogP contribution >= 0.6 is 0 Å². The van der Waals surface area contributed by atoms with Crippen LogP contribution in [0.15, 0.2) is 73.3 Å². The molecule has 2 aromatic rings. The first-order valence-corrected chi connectivity index (χ1v) is 10.9. The van der Waals surface area contributed by atoms with Crippen molar-refractivity contribution < 1.29 is 9.16 Å². The van der Waals surface area contributed by atoms with E-state index in [9.17, 15) is 0 Å². The van der Waals surface area contributed by atoms with Crippen LogP contribution in [-0.2, 0) is 9.16 Å². The van der Waals surface area contributed by atoms with Gasteiger partial charge >= 0.3 is 0 Å². The van der Waals surface area contributed by atoms with Crippen molar-refractivity contribution in [3.63, 3.8) is 0 Å². The second-order valence-corrected chi connectivity index (χ2v) is 12.0. The summed E-state index contributed by atoms with van der Waals surface area (Å²) in [6, 6.07) is 21.5. The minimum atomic E-state index is -2.50. The molecule has 2 nitrogen and oxygen atoms in total. The van der Waals surface area contributed by atoms with Gasteiger partial charge in [-0.15, -0.1) is 6.58 Å². The molecule has 0 radical (unpaired) electrons. The van der Waals surface area contributed by atoms with Gasteiger partial charge in [-0.25, -0.2) is 0 Å². The summed E-state index contributed by atoms with van der Waals surface area (Å²) in [5, 5.41) is 2.61. The maximum atomic E-state index is 7.08. The summed E-state index contributed by atoms with van der Waals surface area (Å²) < 4.78 is 12.7. The summed E-state index contributed by atoms with van der Waals surface area (Å²) >= 11 is 0. The Balaban J connectivity index is 2.16. The van der Waals surface area contributed by atoms with Crippen molar-refractivity contribution >= 4 is 18.7 Å². The molecule has 0 saturated carbocycles. The van der Waals surface area contributed by atoms with Crippen molar-refractivity contribution in [2.24, 2.45) is 0 Å². The highest BCUT2D eigenvalue weighted by molar-refractivity contribution is 6.99. The fourth-order valence-electron chi connectivity index (χ4n) is 3.63. The quantitative estimate of drug-likeness (QED) is 0.428. The van der Waals surface area contributed by atoms with E-state index in [1.54, 1.807) is 0 Å². The Morgan fingerprint density at radius 2 is 1.56 bits per heavy atom. The van der Waals surface area contributed by atoms with E-state index in [-0.39, 0.29) is 17.2 Å². The number of hydrogen-bond donors (Lipinski definition) is 0. The van der Waals surface area contributed by atoms with E-state index in [0.29, 0.717) is 0 Å². The van der Waals surface area contributed by atoms with Crippen molar-refractivity contribution in [1.29, 1.82) is 0 Å². The normalized spacial score (nSPS) is 18.6. The van der Waals surface area contributed by atoms with E-state index in [4.69, 9.17) is 9.16 Å². The number of ether oxygens (including phenoxy) is 1. The topological polar surface area (TPSA) is 21.8 Å².